The maximum Gasteiger partial charge on any atom is 0.416 e. The highest BCUT2D eigenvalue weighted by molar-refractivity contribution is 6.05. The van der Waals surface area contributed by atoms with Crippen LogP contribution in [0.5, 0.6) is 5.75 Å². The number of hydrogen-bond acceptors (Lipinski definition) is 3. The summed E-state index contributed by atoms with van der Waals surface area (Å²) in [6.45, 7) is 2.13. The van der Waals surface area contributed by atoms with Crippen LogP contribution in [0.3, 0.4) is 0 Å². The first kappa shape index (κ1) is 32.0. The van der Waals surface area contributed by atoms with Gasteiger partial charge in [0.15, 0.2) is 0 Å². The number of unbranched alkanes of at least 4 members (excludes halogenated alkanes) is 4. The molecule has 3 rings (SSSR count). The smallest absolute Gasteiger partial charge is 0.416 e. The van der Waals surface area contributed by atoms with Crippen LogP contribution in [0.1, 0.15) is 85.0 Å². The molecule has 42 heavy (non-hydrogen) atoms. The Hall–Kier alpha value is -4.51. The minimum absolute atomic E-state index is 0.185. The highest BCUT2D eigenvalue weighted by atomic mass is 19.4. The van der Waals surface area contributed by atoms with Gasteiger partial charge in [0.2, 0.25) is 0 Å². The lowest BCUT2D eigenvalue weighted by molar-refractivity contribution is -0.137. The third-order valence-electron chi connectivity index (χ3n) is 6.66. The second kappa shape index (κ2) is 15.5. The Balaban J connectivity index is 1.99. The number of alkyl halides is 3. The zero-order chi connectivity index (χ0) is 30.5. The van der Waals surface area contributed by atoms with Crippen molar-refractivity contribution in [2.24, 2.45) is 0 Å². The summed E-state index contributed by atoms with van der Waals surface area (Å²) < 4.78 is 39.7. The summed E-state index contributed by atoms with van der Waals surface area (Å²) in [5.41, 5.74) is -0.0132. The van der Waals surface area contributed by atoms with E-state index in [1.165, 1.54) is 47.4 Å². The van der Waals surface area contributed by atoms with Crippen molar-refractivity contribution in [2.75, 3.05) is 4.90 Å². The molecule has 0 bridgehead atoms. The predicted octanol–water partition coefficient (Wildman–Crippen LogP) is 8.65. The number of rotatable bonds is 12. The Labute approximate surface area is 244 Å². The fourth-order valence-electron chi connectivity index (χ4n) is 4.52. The van der Waals surface area contributed by atoms with Gasteiger partial charge in [-0.15, -0.1) is 11.8 Å². The summed E-state index contributed by atoms with van der Waals surface area (Å²) in [5, 5.41) is 19.7. The number of phenols is 1. The van der Waals surface area contributed by atoms with Crippen LogP contribution < -0.4 is 4.90 Å². The third kappa shape index (κ3) is 9.27. The van der Waals surface area contributed by atoms with Crippen molar-refractivity contribution >= 4 is 23.6 Å². The number of carbonyl (C=O) groups is 2. The number of halogens is 3. The molecule has 3 aromatic carbocycles. The van der Waals surface area contributed by atoms with Gasteiger partial charge in [0.1, 0.15) is 11.3 Å². The maximum atomic E-state index is 13.8. The van der Waals surface area contributed by atoms with Gasteiger partial charge in [0, 0.05) is 24.6 Å². The second-order valence-electron chi connectivity index (χ2n) is 9.80. The topological polar surface area (TPSA) is 77.8 Å². The molecule has 3 aromatic rings. The van der Waals surface area contributed by atoms with E-state index in [1.807, 2.05) is 30.3 Å². The second-order valence-corrected chi connectivity index (χ2v) is 9.80. The van der Waals surface area contributed by atoms with E-state index < -0.39 is 35.4 Å². The lowest BCUT2D eigenvalue weighted by Crippen LogP contribution is -2.34. The molecular weight excluding hydrogens is 543 g/mol. The van der Waals surface area contributed by atoms with E-state index in [4.69, 9.17) is 0 Å². The lowest BCUT2D eigenvalue weighted by atomic mass is 9.97. The SMILES string of the molecule is CCCCCC#CCCCC(c1ccccc1)N(C(=O)C=Cc1cccc(C(F)(F)F)c1)c1ccc(O)c(C(=O)O)c1. The van der Waals surface area contributed by atoms with Crippen molar-refractivity contribution in [3.05, 3.63) is 101 Å². The molecule has 0 aromatic heterocycles. The summed E-state index contributed by atoms with van der Waals surface area (Å²) >= 11 is 0. The molecule has 1 atom stereocenters. The maximum absolute atomic E-state index is 13.8. The number of aromatic hydroxyl groups is 1. The van der Waals surface area contributed by atoms with Crippen LogP contribution in [-0.4, -0.2) is 22.1 Å². The molecule has 0 saturated carbocycles. The number of carboxylic acid groups (broad SMARTS) is 1. The van der Waals surface area contributed by atoms with Crippen LogP contribution in [0.15, 0.2) is 78.9 Å². The number of hydrogen-bond donors (Lipinski definition) is 2. The molecule has 0 radical (unpaired) electrons. The van der Waals surface area contributed by atoms with E-state index in [-0.39, 0.29) is 16.8 Å². The van der Waals surface area contributed by atoms with Gasteiger partial charge >= 0.3 is 12.1 Å². The Morgan fingerprint density at radius 3 is 2.31 bits per heavy atom. The van der Waals surface area contributed by atoms with Crippen LogP contribution in [0.4, 0.5) is 18.9 Å². The van der Waals surface area contributed by atoms with Crippen LogP contribution in [0.2, 0.25) is 0 Å². The van der Waals surface area contributed by atoms with Crippen molar-refractivity contribution in [2.45, 2.75) is 64.1 Å². The van der Waals surface area contributed by atoms with Gasteiger partial charge in [-0.25, -0.2) is 4.79 Å². The molecule has 5 nitrogen and oxygen atoms in total. The first-order valence-corrected chi connectivity index (χ1v) is 13.9. The zero-order valence-electron chi connectivity index (χ0n) is 23.4. The van der Waals surface area contributed by atoms with Crippen molar-refractivity contribution in [1.82, 2.24) is 0 Å². The Morgan fingerprint density at radius 1 is 0.929 bits per heavy atom. The van der Waals surface area contributed by atoms with Crippen LogP contribution in [0, 0.1) is 11.8 Å². The number of anilines is 1. The number of amides is 1. The minimum Gasteiger partial charge on any atom is -0.507 e. The number of benzene rings is 3. The van der Waals surface area contributed by atoms with E-state index in [0.29, 0.717) is 19.3 Å². The molecule has 0 aliphatic rings. The first-order valence-electron chi connectivity index (χ1n) is 13.9. The molecule has 0 saturated heterocycles. The Bertz CT molecular complexity index is 1440. The highest BCUT2D eigenvalue weighted by Crippen LogP contribution is 2.35. The van der Waals surface area contributed by atoms with E-state index in [0.717, 1.165) is 43.4 Å². The monoisotopic (exact) mass is 577 g/mol. The molecule has 0 spiro atoms. The van der Waals surface area contributed by atoms with Gasteiger partial charge in [-0.05, 0) is 66.8 Å². The Kier molecular flexibility index (Phi) is 11.8. The average Bonchev–Trinajstić information content (AvgIpc) is 2.97. The minimum atomic E-state index is -4.53. The summed E-state index contributed by atoms with van der Waals surface area (Å²) in [4.78, 5) is 27.0. The van der Waals surface area contributed by atoms with Gasteiger partial charge in [0.05, 0.1) is 11.6 Å². The van der Waals surface area contributed by atoms with Gasteiger partial charge in [0.25, 0.3) is 5.91 Å². The van der Waals surface area contributed by atoms with E-state index in [1.54, 1.807) is 0 Å². The molecule has 0 heterocycles. The van der Waals surface area contributed by atoms with Crippen molar-refractivity contribution in [1.29, 1.82) is 0 Å². The van der Waals surface area contributed by atoms with Gasteiger partial charge in [-0.3, -0.25) is 4.79 Å². The fourth-order valence-corrected chi connectivity index (χ4v) is 4.52. The average molecular weight is 578 g/mol. The fraction of sp³-hybridized carbons (Fsp3) is 0.294. The van der Waals surface area contributed by atoms with Crippen LogP contribution >= 0.6 is 0 Å². The van der Waals surface area contributed by atoms with Gasteiger partial charge in [-0.2, -0.15) is 13.2 Å². The molecule has 1 amide bonds. The van der Waals surface area contributed by atoms with Crippen molar-refractivity contribution in [3.63, 3.8) is 0 Å². The van der Waals surface area contributed by atoms with Gasteiger partial charge in [-0.1, -0.05) is 62.2 Å². The predicted molar refractivity (Wildman–Crippen MR) is 158 cm³/mol. The van der Waals surface area contributed by atoms with E-state index in [9.17, 15) is 33.0 Å². The normalized spacial score (nSPS) is 12.0. The van der Waals surface area contributed by atoms with Crippen LogP contribution in [-0.2, 0) is 11.0 Å². The summed E-state index contributed by atoms with van der Waals surface area (Å²) in [5.74, 6) is 3.99. The van der Waals surface area contributed by atoms with Crippen molar-refractivity contribution < 1.29 is 33.0 Å². The van der Waals surface area contributed by atoms with E-state index in [2.05, 4.69) is 18.8 Å². The number of carboxylic acids is 1. The lowest BCUT2D eigenvalue weighted by Gasteiger charge is -2.32. The summed E-state index contributed by atoms with van der Waals surface area (Å²) in [6, 6.07) is 17.2. The summed E-state index contributed by atoms with van der Waals surface area (Å²) in [7, 11) is 0. The van der Waals surface area contributed by atoms with Crippen LogP contribution in [0.25, 0.3) is 6.08 Å². The van der Waals surface area contributed by atoms with E-state index >= 15 is 0 Å². The first-order chi connectivity index (χ1) is 20.1. The number of carbonyl (C=O) groups excluding carboxylic acids is 1. The summed E-state index contributed by atoms with van der Waals surface area (Å²) in [6.07, 6.45) is 3.79. The molecular formula is C34H34F3NO4. The number of aromatic carboxylic acids is 1. The molecule has 0 aliphatic carbocycles. The molecule has 0 aliphatic heterocycles. The largest absolute Gasteiger partial charge is 0.507 e. The van der Waals surface area contributed by atoms with Gasteiger partial charge < -0.3 is 15.1 Å². The zero-order valence-corrected chi connectivity index (χ0v) is 23.4. The Morgan fingerprint density at radius 2 is 1.64 bits per heavy atom. The highest BCUT2D eigenvalue weighted by Gasteiger charge is 2.30. The van der Waals surface area contributed by atoms with Crippen molar-refractivity contribution in [3.8, 4) is 17.6 Å². The molecule has 2 N–H and O–H groups in total. The molecule has 1 unspecified atom stereocenters. The molecule has 0 fully saturated rings. The quantitative estimate of drug-likeness (QED) is 0.128. The standard InChI is InChI=1S/C34H34F3NO4/c1-2-3-4-5-6-7-8-12-18-30(26-15-10-9-11-16-26)38(28-20-21-31(39)29(24-28)33(41)42)32(40)22-19-25-14-13-17-27(23-25)34(35,36)37/h9-11,13-17,19-24,30,39H,2-5,8,12,18H2,1H3,(H,41,42). The number of nitrogens with zero attached hydrogens (tertiary/aromatic N) is 1. The molecule has 8 heteroatoms. The third-order valence-corrected chi connectivity index (χ3v) is 6.66. The molecule has 220 valence electrons.